The molecule has 90 valence electrons. The third-order valence-electron chi connectivity index (χ3n) is 1.91. The van der Waals surface area contributed by atoms with E-state index in [0.717, 1.165) is 6.07 Å². The topological polar surface area (TPSA) is 55.1 Å². The van der Waals surface area contributed by atoms with Gasteiger partial charge in [0.05, 0.1) is 5.02 Å². The molecular formula is C10H13Cl2FN2O. The van der Waals surface area contributed by atoms with Crippen LogP contribution < -0.4 is 11.1 Å². The van der Waals surface area contributed by atoms with Crippen molar-refractivity contribution >= 4 is 29.9 Å². The van der Waals surface area contributed by atoms with E-state index in [4.69, 9.17) is 17.3 Å². The van der Waals surface area contributed by atoms with Crippen LogP contribution in [-0.2, 0) is 0 Å². The van der Waals surface area contributed by atoms with Crippen LogP contribution in [-0.4, -0.2) is 18.5 Å². The zero-order valence-corrected chi connectivity index (χ0v) is 10.2. The maximum absolute atomic E-state index is 12.8. The minimum Gasteiger partial charge on any atom is -0.348 e. The highest BCUT2D eigenvalue weighted by atomic mass is 35.5. The molecule has 1 rings (SSSR count). The van der Waals surface area contributed by atoms with Gasteiger partial charge in [0.25, 0.3) is 5.91 Å². The fourth-order valence-corrected chi connectivity index (χ4v) is 1.18. The molecule has 0 aromatic heterocycles. The molecule has 6 heteroatoms. The van der Waals surface area contributed by atoms with Crippen molar-refractivity contribution in [1.82, 2.24) is 5.32 Å². The highest BCUT2D eigenvalue weighted by molar-refractivity contribution is 6.31. The molecule has 0 aliphatic heterocycles. The Balaban J connectivity index is 0.00000225. The molecule has 0 bridgehead atoms. The quantitative estimate of drug-likeness (QED) is 0.879. The zero-order chi connectivity index (χ0) is 11.4. The summed E-state index contributed by atoms with van der Waals surface area (Å²) in [5.74, 6) is -0.852. The van der Waals surface area contributed by atoms with Crippen LogP contribution in [0.3, 0.4) is 0 Å². The maximum atomic E-state index is 12.8. The van der Waals surface area contributed by atoms with Crippen LogP contribution in [0.15, 0.2) is 18.2 Å². The second-order valence-corrected chi connectivity index (χ2v) is 3.65. The summed E-state index contributed by atoms with van der Waals surface area (Å²) < 4.78 is 12.8. The van der Waals surface area contributed by atoms with Crippen molar-refractivity contribution in [3.8, 4) is 0 Å². The van der Waals surface area contributed by atoms with Crippen LogP contribution in [0.5, 0.6) is 0 Å². The highest BCUT2D eigenvalue weighted by Crippen LogP contribution is 2.15. The number of hydrogen-bond donors (Lipinski definition) is 2. The van der Waals surface area contributed by atoms with Gasteiger partial charge in [0, 0.05) is 18.2 Å². The summed E-state index contributed by atoms with van der Waals surface area (Å²) in [6.45, 7) is 2.13. The van der Waals surface area contributed by atoms with E-state index in [1.165, 1.54) is 12.1 Å². The van der Waals surface area contributed by atoms with Crippen molar-refractivity contribution in [1.29, 1.82) is 0 Å². The molecule has 1 atom stereocenters. The molecule has 0 fully saturated rings. The molecule has 0 spiro atoms. The second-order valence-electron chi connectivity index (χ2n) is 3.24. The number of benzene rings is 1. The predicted molar refractivity (Wildman–Crippen MR) is 64.6 cm³/mol. The van der Waals surface area contributed by atoms with E-state index < -0.39 is 5.82 Å². The van der Waals surface area contributed by atoms with Gasteiger partial charge >= 0.3 is 0 Å². The predicted octanol–water partition coefficient (Wildman–Crippen LogP) is 1.98. The first-order chi connectivity index (χ1) is 7.04. The van der Waals surface area contributed by atoms with E-state index in [9.17, 15) is 9.18 Å². The summed E-state index contributed by atoms with van der Waals surface area (Å²) in [7, 11) is 0. The van der Waals surface area contributed by atoms with Crippen molar-refractivity contribution in [3.05, 3.63) is 34.6 Å². The number of carbonyl (C=O) groups is 1. The van der Waals surface area contributed by atoms with Crippen molar-refractivity contribution in [2.24, 2.45) is 5.73 Å². The number of carbonyl (C=O) groups excluding carboxylic acids is 1. The summed E-state index contributed by atoms with van der Waals surface area (Å²) in [5, 5.41) is 2.58. The van der Waals surface area contributed by atoms with E-state index in [-0.39, 0.29) is 29.4 Å². The Labute approximate surface area is 105 Å². The van der Waals surface area contributed by atoms with Gasteiger partial charge in [0.15, 0.2) is 0 Å². The molecule has 0 saturated heterocycles. The first-order valence-corrected chi connectivity index (χ1v) is 4.88. The third kappa shape index (κ3) is 3.96. The minimum atomic E-state index is -0.542. The van der Waals surface area contributed by atoms with Crippen molar-refractivity contribution in [2.45, 2.75) is 13.0 Å². The van der Waals surface area contributed by atoms with Crippen molar-refractivity contribution in [3.63, 3.8) is 0 Å². The van der Waals surface area contributed by atoms with Gasteiger partial charge in [-0.25, -0.2) is 4.39 Å². The number of halogens is 3. The summed E-state index contributed by atoms with van der Waals surface area (Å²) in [5.41, 5.74) is 5.67. The first kappa shape index (κ1) is 15.2. The number of amides is 1. The second kappa shape index (κ2) is 6.68. The molecule has 0 aliphatic carbocycles. The Morgan fingerprint density at radius 2 is 2.25 bits per heavy atom. The van der Waals surface area contributed by atoms with Gasteiger partial charge in [-0.1, -0.05) is 11.6 Å². The molecule has 1 aromatic carbocycles. The monoisotopic (exact) mass is 266 g/mol. The molecule has 1 aromatic rings. The Morgan fingerprint density at radius 1 is 1.62 bits per heavy atom. The lowest BCUT2D eigenvalue weighted by Crippen LogP contribution is -2.37. The molecule has 0 saturated carbocycles. The van der Waals surface area contributed by atoms with Crippen molar-refractivity contribution < 1.29 is 9.18 Å². The van der Waals surface area contributed by atoms with Crippen LogP contribution in [0, 0.1) is 5.82 Å². The van der Waals surface area contributed by atoms with E-state index >= 15 is 0 Å². The molecule has 1 amide bonds. The Morgan fingerprint density at radius 3 is 2.75 bits per heavy atom. The Kier molecular flexibility index (Phi) is 6.33. The fraction of sp³-hybridized carbons (Fsp3) is 0.300. The Bertz CT molecular complexity index is 374. The first-order valence-electron chi connectivity index (χ1n) is 4.50. The van der Waals surface area contributed by atoms with E-state index in [2.05, 4.69) is 5.32 Å². The molecule has 3 nitrogen and oxygen atoms in total. The van der Waals surface area contributed by atoms with Gasteiger partial charge in [-0.05, 0) is 25.1 Å². The SMILES string of the molecule is C[C@H](CN)NC(=O)c1ccc(F)c(Cl)c1.Cl. The summed E-state index contributed by atoms with van der Waals surface area (Å²) in [6.07, 6.45) is 0. The largest absolute Gasteiger partial charge is 0.348 e. The van der Waals surface area contributed by atoms with E-state index in [1.807, 2.05) is 0 Å². The molecular weight excluding hydrogens is 254 g/mol. The summed E-state index contributed by atoms with van der Waals surface area (Å²) in [4.78, 5) is 11.5. The van der Waals surface area contributed by atoms with Gasteiger partial charge < -0.3 is 11.1 Å². The smallest absolute Gasteiger partial charge is 0.251 e. The third-order valence-corrected chi connectivity index (χ3v) is 2.20. The van der Waals surface area contributed by atoms with Crippen molar-refractivity contribution in [2.75, 3.05) is 6.54 Å². The van der Waals surface area contributed by atoms with E-state index in [0.29, 0.717) is 12.1 Å². The van der Waals surface area contributed by atoms with Crippen LogP contribution in [0.25, 0.3) is 0 Å². The van der Waals surface area contributed by atoms with Crippen LogP contribution in [0.2, 0.25) is 5.02 Å². The summed E-state index contributed by atoms with van der Waals surface area (Å²) in [6, 6.07) is 3.70. The van der Waals surface area contributed by atoms with Gasteiger partial charge in [0.1, 0.15) is 5.82 Å². The zero-order valence-electron chi connectivity index (χ0n) is 8.67. The van der Waals surface area contributed by atoms with Crippen LogP contribution in [0.1, 0.15) is 17.3 Å². The molecule has 0 aliphatic rings. The lowest BCUT2D eigenvalue weighted by molar-refractivity contribution is 0.0941. The maximum Gasteiger partial charge on any atom is 0.251 e. The number of nitrogens with one attached hydrogen (secondary N) is 1. The standard InChI is InChI=1S/C10H12ClFN2O.ClH/c1-6(5-13)14-10(15)7-2-3-9(12)8(11)4-7;/h2-4,6H,5,13H2,1H3,(H,14,15);1H/t6-;/m1./s1. The van der Waals surface area contributed by atoms with Gasteiger partial charge in [-0.3, -0.25) is 4.79 Å². The number of hydrogen-bond acceptors (Lipinski definition) is 2. The van der Waals surface area contributed by atoms with Crippen LogP contribution in [0.4, 0.5) is 4.39 Å². The number of rotatable bonds is 3. The highest BCUT2D eigenvalue weighted by Gasteiger charge is 2.10. The normalized spacial score (nSPS) is 11.5. The van der Waals surface area contributed by atoms with Gasteiger partial charge in [-0.2, -0.15) is 0 Å². The van der Waals surface area contributed by atoms with Gasteiger partial charge in [-0.15, -0.1) is 12.4 Å². The molecule has 0 radical (unpaired) electrons. The fourth-order valence-electron chi connectivity index (χ4n) is 1.00. The number of nitrogens with two attached hydrogens (primary N) is 1. The average Bonchev–Trinajstić information content (AvgIpc) is 2.21. The minimum absolute atomic E-state index is 0. The molecule has 0 heterocycles. The Hall–Kier alpha value is -0.840. The molecule has 0 unspecified atom stereocenters. The lowest BCUT2D eigenvalue weighted by atomic mass is 10.2. The van der Waals surface area contributed by atoms with Crippen LogP contribution >= 0.6 is 24.0 Å². The summed E-state index contributed by atoms with van der Waals surface area (Å²) >= 11 is 5.55. The average molecular weight is 267 g/mol. The lowest BCUT2D eigenvalue weighted by Gasteiger charge is -2.11. The molecule has 3 N–H and O–H groups in total. The van der Waals surface area contributed by atoms with E-state index in [1.54, 1.807) is 6.92 Å². The van der Waals surface area contributed by atoms with Gasteiger partial charge in [0.2, 0.25) is 0 Å². The molecule has 16 heavy (non-hydrogen) atoms.